The molecule has 258 valence electrons. The summed E-state index contributed by atoms with van der Waals surface area (Å²) in [4.78, 5) is 15.9. The molecule has 0 aromatic heterocycles. The van der Waals surface area contributed by atoms with E-state index in [0.717, 1.165) is 21.2 Å². The highest BCUT2D eigenvalue weighted by Crippen LogP contribution is 2.62. The Morgan fingerprint density at radius 2 is 1.15 bits per heavy atom. The Bertz CT molecular complexity index is 2520. The number of nitriles is 2. The summed E-state index contributed by atoms with van der Waals surface area (Å²) in [6, 6.07) is 27.6. The summed E-state index contributed by atoms with van der Waals surface area (Å²) in [5.74, 6) is -0.0639. The first-order valence-corrected chi connectivity index (χ1v) is 19.2. The van der Waals surface area contributed by atoms with Gasteiger partial charge in [-0.3, -0.25) is 0 Å². The summed E-state index contributed by atoms with van der Waals surface area (Å²) >= 11 is 29.8. The van der Waals surface area contributed by atoms with Crippen molar-refractivity contribution >= 4 is 98.4 Å². The maximum atomic E-state index is 13.9. The predicted molar refractivity (Wildman–Crippen MR) is 211 cm³/mol. The highest BCUT2D eigenvalue weighted by Gasteiger charge is 2.57. The quantitative estimate of drug-likeness (QED) is 0.0780. The lowest BCUT2D eigenvalue weighted by Gasteiger charge is -2.39. The zero-order valence-corrected chi connectivity index (χ0v) is 32.0. The molecule has 4 aliphatic rings. The van der Waals surface area contributed by atoms with Crippen LogP contribution in [0.4, 0.5) is 11.4 Å². The Labute approximate surface area is 332 Å². The normalized spacial score (nSPS) is 17.2. The number of anilines is 2. The maximum Gasteiger partial charge on any atom is 0.341 e. The van der Waals surface area contributed by atoms with Crippen molar-refractivity contribution in [2.75, 3.05) is 10.6 Å². The fourth-order valence-electron chi connectivity index (χ4n) is 7.29. The van der Waals surface area contributed by atoms with Crippen molar-refractivity contribution in [2.24, 2.45) is 0 Å². The number of hydrogen-bond acceptors (Lipinski definition) is 9. The molecule has 1 spiro atoms. The van der Waals surface area contributed by atoms with Gasteiger partial charge in [-0.05, 0) is 50.2 Å². The van der Waals surface area contributed by atoms with Crippen LogP contribution >= 0.6 is 69.9 Å². The van der Waals surface area contributed by atoms with Crippen molar-refractivity contribution in [1.82, 2.24) is 0 Å². The van der Waals surface area contributed by atoms with Gasteiger partial charge < -0.3 is 20.1 Å². The van der Waals surface area contributed by atoms with Crippen LogP contribution in [-0.2, 0) is 10.3 Å². The van der Waals surface area contributed by atoms with Crippen molar-refractivity contribution in [3.05, 3.63) is 147 Å². The number of benzene rings is 5. The number of thioether (sulfide) groups is 2. The standard InChI is InChI=1S/C40H20Cl4N4O3S2/c1-17-19(21(15-45)37-47-25-7-3-5-9-27(25)52-37)11-13-23-35(17)50-36-18(2)20(22(16-46)38-48-26-8-4-6-10-28(26)53-38)12-14-24(36)40(23)30-29(39(49)51-40)31(41)33(43)34(44)32(30)42/h3-14,47-48H,1-2H3/b37-21-,38-22-. The minimum absolute atomic E-state index is 0.00233. The molecule has 0 amide bonds. The molecular weight excluding hydrogens is 790 g/mol. The van der Waals surface area contributed by atoms with E-state index in [-0.39, 0.29) is 31.2 Å². The third-order valence-corrected chi connectivity index (χ3v) is 13.7. The number of nitrogens with zero attached hydrogens (tertiary/aromatic N) is 2. The van der Waals surface area contributed by atoms with E-state index in [4.69, 9.17) is 55.9 Å². The van der Waals surface area contributed by atoms with E-state index in [9.17, 15) is 15.3 Å². The Hall–Kier alpha value is -4.71. The number of allylic oxidation sites excluding steroid dienone is 2. The molecule has 7 nitrogen and oxygen atoms in total. The van der Waals surface area contributed by atoms with Crippen LogP contribution in [0.5, 0.6) is 11.5 Å². The van der Waals surface area contributed by atoms with Gasteiger partial charge in [0.2, 0.25) is 0 Å². The minimum atomic E-state index is -1.69. The van der Waals surface area contributed by atoms with Crippen LogP contribution in [0.2, 0.25) is 20.1 Å². The summed E-state index contributed by atoms with van der Waals surface area (Å²) in [7, 11) is 0. The molecule has 5 aromatic rings. The van der Waals surface area contributed by atoms with Gasteiger partial charge >= 0.3 is 5.97 Å². The zero-order valence-electron chi connectivity index (χ0n) is 27.4. The number of carbonyl (C=O) groups is 1. The average Bonchev–Trinajstić information content (AvgIpc) is 3.87. The zero-order chi connectivity index (χ0) is 36.9. The molecule has 0 unspecified atom stereocenters. The Morgan fingerprint density at radius 3 is 1.62 bits per heavy atom. The van der Waals surface area contributed by atoms with Gasteiger partial charge in [-0.15, -0.1) is 0 Å². The lowest BCUT2D eigenvalue weighted by atomic mass is 9.75. The first-order chi connectivity index (χ1) is 25.6. The number of rotatable bonds is 2. The summed E-state index contributed by atoms with van der Waals surface area (Å²) in [5.41, 5.74) is 4.44. The molecule has 0 aliphatic carbocycles. The predicted octanol–water partition coefficient (Wildman–Crippen LogP) is 12.3. The molecule has 4 heterocycles. The summed E-state index contributed by atoms with van der Waals surface area (Å²) in [5, 5.41) is 29.0. The van der Waals surface area contributed by atoms with E-state index in [1.807, 2.05) is 62.4 Å². The number of carbonyl (C=O) groups excluding carboxylic acids is 1. The minimum Gasteiger partial charge on any atom is -0.456 e. The number of hydrogen-bond donors (Lipinski definition) is 2. The fourth-order valence-corrected chi connectivity index (χ4v) is 10.4. The smallest absolute Gasteiger partial charge is 0.341 e. The molecule has 13 heteroatoms. The monoisotopic (exact) mass is 808 g/mol. The molecule has 4 aliphatic heterocycles. The molecule has 0 radical (unpaired) electrons. The third-order valence-electron chi connectivity index (χ3n) is 9.75. The van der Waals surface area contributed by atoms with E-state index in [1.54, 1.807) is 24.3 Å². The van der Waals surface area contributed by atoms with Crippen LogP contribution in [0.3, 0.4) is 0 Å². The Morgan fingerprint density at radius 1 is 0.679 bits per heavy atom. The fraction of sp³-hybridized carbons (Fsp3) is 0.0750. The maximum absolute atomic E-state index is 13.9. The van der Waals surface area contributed by atoms with Gasteiger partial charge in [0.15, 0.2) is 5.60 Å². The van der Waals surface area contributed by atoms with Gasteiger partial charge in [0.1, 0.15) is 23.6 Å². The molecule has 2 N–H and O–H groups in total. The van der Waals surface area contributed by atoms with E-state index in [0.29, 0.717) is 66.1 Å². The van der Waals surface area contributed by atoms with E-state index < -0.39 is 11.6 Å². The van der Waals surface area contributed by atoms with Crippen LogP contribution in [0.15, 0.2) is 92.6 Å². The van der Waals surface area contributed by atoms with Gasteiger partial charge in [0.25, 0.3) is 0 Å². The number of halogens is 4. The summed E-state index contributed by atoms with van der Waals surface area (Å²) in [6.07, 6.45) is 0. The molecule has 53 heavy (non-hydrogen) atoms. The van der Waals surface area contributed by atoms with Gasteiger partial charge in [-0.2, -0.15) is 10.5 Å². The molecule has 0 fully saturated rings. The van der Waals surface area contributed by atoms with Gasteiger partial charge in [-0.25, -0.2) is 4.79 Å². The number of para-hydroxylation sites is 2. The number of esters is 1. The second kappa shape index (κ2) is 12.4. The van der Waals surface area contributed by atoms with Gasteiger partial charge in [-0.1, -0.05) is 106 Å². The lowest BCUT2D eigenvalue weighted by molar-refractivity contribution is 0.0223. The topological polar surface area (TPSA) is 107 Å². The summed E-state index contributed by atoms with van der Waals surface area (Å²) < 4.78 is 13.3. The van der Waals surface area contributed by atoms with Crippen LogP contribution < -0.4 is 15.4 Å². The van der Waals surface area contributed by atoms with Crippen LogP contribution in [0, 0.1) is 36.5 Å². The molecule has 9 rings (SSSR count). The number of fused-ring (bicyclic) bond motifs is 8. The van der Waals surface area contributed by atoms with Crippen LogP contribution in [0.25, 0.3) is 11.1 Å². The van der Waals surface area contributed by atoms with Gasteiger partial charge in [0.05, 0.1) is 58.2 Å². The second-order valence-corrected chi connectivity index (χ2v) is 16.1. The van der Waals surface area contributed by atoms with E-state index in [1.165, 1.54) is 23.5 Å². The largest absolute Gasteiger partial charge is 0.456 e. The summed E-state index contributed by atoms with van der Waals surface area (Å²) in [6.45, 7) is 3.69. The first kappa shape index (κ1) is 34.1. The van der Waals surface area contributed by atoms with E-state index >= 15 is 0 Å². The van der Waals surface area contributed by atoms with Gasteiger partial charge in [0, 0.05) is 48.7 Å². The number of nitrogens with one attached hydrogen (secondary N) is 2. The van der Waals surface area contributed by atoms with Crippen LogP contribution in [0.1, 0.15) is 49.3 Å². The van der Waals surface area contributed by atoms with E-state index in [2.05, 4.69) is 22.8 Å². The first-order valence-electron chi connectivity index (χ1n) is 16.0. The highest BCUT2D eigenvalue weighted by molar-refractivity contribution is 8.04. The lowest BCUT2D eigenvalue weighted by Crippen LogP contribution is -2.34. The average molecular weight is 811 g/mol. The second-order valence-electron chi connectivity index (χ2n) is 12.5. The van der Waals surface area contributed by atoms with Crippen molar-refractivity contribution < 1.29 is 14.3 Å². The number of ether oxygens (including phenoxy) is 2. The van der Waals surface area contributed by atoms with Crippen molar-refractivity contribution in [3.63, 3.8) is 0 Å². The van der Waals surface area contributed by atoms with Crippen molar-refractivity contribution in [3.8, 4) is 23.6 Å². The Kier molecular flexibility index (Phi) is 7.99. The molecular formula is C40H20Cl4N4O3S2. The molecule has 0 bridgehead atoms. The molecule has 0 saturated carbocycles. The van der Waals surface area contributed by atoms with Crippen molar-refractivity contribution in [1.29, 1.82) is 10.5 Å². The molecule has 0 saturated heterocycles. The Balaban J connectivity index is 1.30. The highest BCUT2D eigenvalue weighted by atomic mass is 35.5. The van der Waals surface area contributed by atoms with Crippen LogP contribution in [-0.4, -0.2) is 5.97 Å². The molecule has 5 aromatic carbocycles. The SMILES string of the molecule is Cc1c(/C(C#N)=C2/Nc3ccccc3S2)ccc2c1Oc1c(ccc(/C(C#N)=C3/Nc4ccccc4S3)c1C)C21OC(=O)c2c(Cl)c(Cl)c(Cl)c(Cl)c21. The molecule has 0 atom stereocenters. The third kappa shape index (κ3) is 4.79. The van der Waals surface area contributed by atoms with Crippen molar-refractivity contribution in [2.45, 2.75) is 29.2 Å².